The monoisotopic (exact) mass is 512 g/mol. The second-order valence-corrected chi connectivity index (χ2v) is 8.79. The summed E-state index contributed by atoms with van der Waals surface area (Å²) < 4.78 is 28.3. The molecular weight excluding hydrogens is 484 g/mol. The molecule has 0 amide bonds. The summed E-state index contributed by atoms with van der Waals surface area (Å²) in [7, 11) is 1.50. The zero-order chi connectivity index (χ0) is 26.5. The fourth-order valence-corrected chi connectivity index (χ4v) is 4.52. The normalized spacial score (nSPS) is 29.0. The van der Waals surface area contributed by atoms with Gasteiger partial charge in [-0.15, -0.1) is 0 Å². The molecule has 4 rings (SSSR count). The van der Waals surface area contributed by atoms with E-state index in [-0.39, 0.29) is 19.1 Å². The third kappa shape index (κ3) is 5.69. The van der Waals surface area contributed by atoms with Gasteiger partial charge in [-0.05, 0) is 24.3 Å². The van der Waals surface area contributed by atoms with Gasteiger partial charge in [0.1, 0.15) is 42.0 Å². The molecule has 37 heavy (non-hydrogen) atoms. The molecule has 2 aromatic carbocycles. The van der Waals surface area contributed by atoms with Crippen molar-refractivity contribution in [3.8, 4) is 23.6 Å². The number of hydrogen-bond donors (Lipinski definition) is 4. The molecule has 2 saturated heterocycles. The topological polar surface area (TPSA) is 175 Å². The average Bonchev–Trinajstić information content (AvgIpc) is 3.44. The molecule has 7 atom stereocenters. The molecule has 11 heteroatoms. The first-order valence-corrected chi connectivity index (χ1v) is 11.7. The number of aliphatic hydroxyl groups excluding tert-OH is 4. The largest absolute Gasteiger partial charge is 0.496 e. The van der Waals surface area contributed by atoms with Crippen LogP contribution >= 0.6 is 0 Å². The van der Waals surface area contributed by atoms with Gasteiger partial charge in [0.2, 0.25) is 0 Å². The van der Waals surface area contributed by atoms with Gasteiger partial charge < -0.3 is 44.1 Å². The molecule has 2 heterocycles. The van der Waals surface area contributed by atoms with Gasteiger partial charge in [0, 0.05) is 17.5 Å². The van der Waals surface area contributed by atoms with Crippen LogP contribution in [0.15, 0.2) is 36.4 Å². The minimum absolute atomic E-state index is 0.0113. The Morgan fingerprint density at radius 1 is 0.919 bits per heavy atom. The first-order valence-electron chi connectivity index (χ1n) is 11.7. The van der Waals surface area contributed by atoms with Crippen LogP contribution in [0.5, 0.6) is 11.5 Å². The molecule has 0 radical (unpaired) electrons. The van der Waals surface area contributed by atoms with Crippen molar-refractivity contribution in [3.63, 3.8) is 0 Å². The summed E-state index contributed by atoms with van der Waals surface area (Å²) in [6.45, 7) is -0.713. The Morgan fingerprint density at radius 3 is 2.22 bits per heavy atom. The van der Waals surface area contributed by atoms with Crippen molar-refractivity contribution < 1.29 is 44.1 Å². The van der Waals surface area contributed by atoms with Gasteiger partial charge in [0.05, 0.1) is 55.8 Å². The van der Waals surface area contributed by atoms with E-state index >= 15 is 0 Å². The Labute approximate surface area is 213 Å². The van der Waals surface area contributed by atoms with Crippen LogP contribution in [0.25, 0.3) is 0 Å². The number of nitriles is 2. The molecule has 4 N–H and O–H groups in total. The number of benzene rings is 2. The first-order chi connectivity index (χ1) is 17.9. The summed E-state index contributed by atoms with van der Waals surface area (Å²) in [4.78, 5) is 0. The van der Waals surface area contributed by atoms with E-state index in [1.807, 2.05) is 6.07 Å². The predicted octanol–water partition coefficient (Wildman–Crippen LogP) is 0.837. The second-order valence-electron chi connectivity index (χ2n) is 8.79. The molecule has 2 aliphatic heterocycles. The van der Waals surface area contributed by atoms with Gasteiger partial charge in [0.15, 0.2) is 6.79 Å². The minimum atomic E-state index is -1.30. The van der Waals surface area contributed by atoms with E-state index in [0.29, 0.717) is 28.9 Å². The van der Waals surface area contributed by atoms with Gasteiger partial charge in [-0.25, -0.2) is 0 Å². The van der Waals surface area contributed by atoms with Crippen LogP contribution in [0.2, 0.25) is 0 Å². The summed E-state index contributed by atoms with van der Waals surface area (Å²) >= 11 is 0. The molecular formula is C26H28N2O9. The number of hydrogen-bond acceptors (Lipinski definition) is 11. The van der Waals surface area contributed by atoms with Crippen molar-refractivity contribution >= 4 is 0 Å². The Kier molecular flexibility index (Phi) is 8.59. The molecule has 0 saturated carbocycles. The van der Waals surface area contributed by atoms with E-state index < -0.39 is 49.3 Å². The van der Waals surface area contributed by atoms with Crippen LogP contribution in [0.3, 0.4) is 0 Å². The standard InChI is InChI=1S/C26H28N2O9/c1-33-19-6-14(9-27)2-4-16(19)21-8-18(30)23(36-21)12-34-13-35-20-7-15(10-28)3-5-17(20)26-25(32)24(31)22(11-29)37-26/h2-7,18,21-26,29-32H,8,11-13H2,1H3/t18?,21-,22-,23-,24?,25?,26+/m1/s1. The molecule has 2 aliphatic rings. The van der Waals surface area contributed by atoms with E-state index in [4.69, 9.17) is 28.9 Å². The van der Waals surface area contributed by atoms with Crippen molar-refractivity contribution in [2.75, 3.05) is 27.1 Å². The minimum Gasteiger partial charge on any atom is -0.496 e. The van der Waals surface area contributed by atoms with Gasteiger partial charge in [0.25, 0.3) is 0 Å². The summed E-state index contributed by atoms with van der Waals surface area (Å²) in [5, 5.41) is 58.7. The molecule has 0 spiro atoms. The van der Waals surface area contributed by atoms with Crippen LogP contribution in [-0.4, -0.2) is 78.1 Å². The maximum Gasteiger partial charge on any atom is 0.189 e. The number of ether oxygens (including phenoxy) is 5. The lowest BCUT2D eigenvalue weighted by atomic mass is 9.99. The molecule has 0 aliphatic carbocycles. The van der Waals surface area contributed by atoms with Crippen molar-refractivity contribution in [1.82, 2.24) is 0 Å². The molecule has 2 aromatic rings. The highest BCUT2D eigenvalue weighted by atomic mass is 16.7. The summed E-state index contributed by atoms with van der Waals surface area (Å²) in [5.74, 6) is 0.706. The maximum atomic E-state index is 10.5. The van der Waals surface area contributed by atoms with Crippen LogP contribution < -0.4 is 9.47 Å². The molecule has 196 valence electrons. The van der Waals surface area contributed by atoms with Crippen LogP contribution in [-0.2, 0) is 14.2 Å². The Morgan fingerprint density at radius 2 is 1.59 bits per heavy atom. The third-order valence-corrected chi connectivity index (χ3v) is 6.50. The highest BCUT2D eigenvalue weighted by Gasteiger charge is 2.44. The Balaban J connectivity index is 1.37. The van der Waals surface area contributed by atoms with Crippen LogP contribution in [0, 0.1) is 22.7 Å². The van der Waals surface area contributed by atoms with Crippen LogP contribution in [0.4, 0.5) is 0 Å². The summed E-state index contributed by atoms with van der Waals surface area (Å²) in [6, 6.07) is 13.6. The fourth-order valence-electron chi connectivity index (χ4n) is 4.52. The number of aliphatic hydroxyl groups is 4. The highest BCUT2D eigenvalue weighted by Crippen LogP contribution is 2.39. The lowest BCUT2D eigenvalue weighted by molar-refractivity contribution is -0.0756. The highest BCUT2D eigenvalue weighted by molar-refractivity contribution is 5.45. The molecule has 3 unspecified atom stereocenters. The lowest BCUT2D eigenvalue weighted by Gasteiger charge is -2.20. The first kappa shape index (κ1) is 26.8. The smallest absolute Gasteiger partial charge is 0.189 e. The van der Waals surface area contributed by atoms with E-state index in [2.05, 4.69) is 6.07 Å². The van der Waals surface area contributed by atoms with Gasteiger partial charge in [-0.1, -0.05) is 12.1 Å². The Bertz CT molecular complexity index is 1180. The zero-order valence-corrected chi connectivity index (χ0v) is 20.1. The van der Waals surface area contributed by atoms with Crippen LogP contribution in [0.1, 0.15) is 40.9 Å². The average molecular weight is 513 g/mol. The fraction of sp³-hybridized carbons (Fsp3) is 0.462. The quantitative estimate of drug-likeness (QED) is 0.277. The number of rotatable bonds is 9. The number of nitrogens with zero attached hydrogens (tertiary/aromatic N) is 2. The van der Waals surface area contributed by atoms with Gasteiger partial charge in [-0.3, -0.25) is 0 Å². The van der Waals surface area contributed by atoms with Gasteiger partial charge >= 0.3 is 0 Å². The maximum absolute atomic E-state index is 10.5. The predicted molar refractivity (Wildman–Crippen MR) is 125 cm³/mol. The van der Waals surface area contributed by atoms with E-state index in [1.54, 1.807) is 24.3 Å². The molecule has 0 aromatic heterocycles. The summed E-state index contributed by atoms with van der Waals surface area (Å²) in [6.07, 6.45) is -6.08. The van der Waals surface area contributed by atoms with E-state index in [0.717, 1.165) is 5.56 Å². The van der Waals surface area contributed by atoms with Crippen molar-refractivity contribution in [1.29, 1.82) is 10.5 Å². The third-order valence-electron chi connectivity index (χ3n) is 6.50. The SMILES string of the molecule is COc1cc(C#N)ccc1[C@H]1CC(O)[C@@H](COCOc2cc(C#N)ccc2[C@@H]2O[C@H](CO)C(O)C2O)O1. The second kappa shape index (κ2) is 11.9. The zero-order valence-electron chi connectivity index (χ0n) is 20.1. The Hall–Kier alpha value is -3.26. The molecule has 0 bridgehead atoms. The molecule has 2 fully saturated rings. The number of methoxy groups -OCH3 is 1. The van der Waals surface area contributed by atoms with E-state index in [9.17, 15) is 25.7 Å². The summed E-state index contributed by atoms with van der Waals surface area (Å²) in [5.41, 5.74) is 1.86. The van der Waals surface area contributed by atoms with Crippen molar-refractivity contribution in [2.24, 2.45) is 0 Å². The van der Waals surface area contributed by atoms with E-state index in [1.165, 1.54) is 19.2 Å². The molecule has 11 nitrogen and oxygen atoms in total. The van der Waals surface area contributed by atoms with Crippen molar-refractivity contribution in [2.45, 2.75) is 49.1 Å². The lowest BCUT2D eigenvalue weighted by Crippen LogP contribution is -2.32. The van der Waals surface area contributed by atoms with Crippen molar-refractivity contribution in [3.05, 3.63) is 58.7 Å². The van der Waals surface area contributed by atoms with Gasteiger partial charge in [-0.2, -0.15) is 10.5 Å².